The molecule has 26 heteroatoms. The molecule has 0 saturated carbocycles. The number of rotatable bonds is 14. The molecular formula is C31H54O26. The van der Waals surface area contributed by atoms with Gasteiger partial charge in [-0.25, -0.2) is 0 Å². The van der Waals surface area contributed by atoms with E-state index >= 15 is 0 Å². The summed E-state index contributed by atoms with van der Waals surface area (Å²) in [6, 6.07) is 0. The van der Waals surface area contributed by atoms with Crippen LogP contribution in [0.25, 0.3) is 0 Å². The second kappa shape index (κ2) is 20.2. The molecule has 0 aliphatic carbocycles. The maximum Gasteiger partial charge on any atom is 0.187 e. The lowest BCUT2D eigenvalue weighted by Gasteiger charge is -2.46. The molecule has 5 heterocycles. The number of hydrogen-bond acceptors (Lipinski definition) is 26. The van der Waals surface area contributed by atoms with Crippen molar-refractivity contribution in [2.75, 3.05) is 40.1 Å². The van der Waals surface area contributed by atoms with Gasteiger partial charge in [-0.2, -0.15) is 0 Å². The molecule has 5 saturated heterocycles. The molecule has 0 amide bonds. The molecule has 5 aliphatic heterocycles. The average Bonchev–Trinajstić information content (AvgIpc) is 3.20. The van der Waals surface area contributed by atoms with E-state index in [1.165, 1.54) is 7.11 Å². The van der Waals surface area contributed by atoms with E-state index in [4.69, 9.17) is 47.4 Å². The fourth-order valence-corrected chi connectivity index (χ4v) is 6.90. The van der Waals surface area contributed by atoms with E-state index in [1.807, 2.05) is 0 Å². The smallest absolute Gasteiger partial charge is 0.187 e. The third kappa shape index (κ3) is 10.0. The summed E-state index contributed by atoms with van der Waals surface area (Å²) in [6.07, 6.45) is -43.2. The van der Waals surface area contributed by atoms with Crippen molar-refractivity contribution >= 4 is 0 Å². The Morgan fingerprint density at radius 3 is 1.00 bits per heavy atom. The van der Waals surface area contributed by atoms with Gasteiger partial charge in [0, 0.05) is 7.11 Å². The molecule has 5 rings (SSSR count). The zero-order chi connectivity index (χ0) is 42.0. The summed E-state index contributed by atoms with van der Waals surface area (Å²) in [4.78, 5) is 0. The normalized spacial score (nSPS) is 52.5. The summed E-state index contributed by atoms with van der Waals surface area (Å²) in [5.74, 6) is 0. The van der Waals surface area contributed by atoms with Crippen molar-refractivity contribution in [3.63, 3.8) is 0 Å². The first kappa shape index (κ1) is 47.0. The number of ether oxygens (including phenoxy) is 10. The average molecular weight is 843 g/mol. The van der Waals surface area contributed by atoms with E-state index < -0.39 is 187 Å². The first-order chi connectivity index (χ1) is 26.9. The van der Waals surface area contributed by atoms with Gasteiger partial charge < -0.3 is 129 Å². The van der Waals surface area contributed by atoms with Crippen molar-refractivity contribution in [2.24, 2.45) is 0 Å². The monoisotopic (exact) mass is 842 g/mol. The maximum atomic E-state index is 10.6. The quantitative estimate of drug-likeness (QED) is 0.0772. The fraction of sp³-hybridized carbons (Fsp3) is 1.00. The van der Waals surface area contributed by atoms with Crippen LogP contribution in [0.3, 0.4) is 0 Å². The van der Waals surface area contributed by atoms with Crippen molar-refractivity contribution in [3.05, 3.63) is 0 Å². The van der Waals surface area contributed by atoms with Gasteiger partial charge in [0.05, 0.1) is 33.0 Å². The number of aliphatic hydroxyl groups is 16. The minimum absolute atomic E-state index is 0.670. The third-order valence-electron chi connectivity index (χ3n) is 10.5. The molecule has 0 spiro atoms. The van der Waals surface area contributed by atoms with Crippen LogP contribution < -0.4 is 0 Å². The van der Waals surface area contributed by atoms with Gasteiger partial charge in [-0.15, -0.1) is 0 Å². The van der Waals surface area contributed by atoms with E-state index in [0.717, 1.165) is 0 Å². The van der Waals surface area contributed by atoms with Crippen LogP contribution in [0, 0.1) is 0 Å². The molecule has 57 heavy (non-hydrogen) atoms. The highest BCUT2D eigenvalue weighted by atomic mass is 16.8. The van der Waals surface area contributed by atoms with E-state index in [0.29, 0.717) is 0 Å². The summed E-state index contributed by atoms with van der Waals surface area (Å²) in [6.45, 7) is -3.67. The Kier molecular flexibility index (Phi) is 16.7. The van der Waals surface area contributed by atoms with Crippen molar-refractivity contribution in [1.29, 1.82) is 0 Å². The van der Waals surface area contributed by atoms with E-state index in [2.05, 4.69) is 0 Å². The Morgan fingerprint density at radius 2 is 0.632 bits per heavy atom. The lowest BCUT2D eigenvalue weighted by atomic mass is 9.97. The largest absolute Gasteiger partial charge is 0.394 e. The molecule has 334 valence electrons. The van der Waals surface area contributed by atoms with Crippen LogP contribution >= 0.6 is 0 Å². The van der Waals surface area contributed by atoms with E-state index in [9.17, 15) is 81.7 Å². The number of aliphatic hydroxyl groups excluding tert-OH is 16. The lowest BCUT2D eigenvalue weighted by molar-refractivity contribution is -0.365. The molecular weight excluding hydrogens is 788 g/mol. The number of hydrogen-bond donors (Lipinski definition) is 16. The summed E-state index contributed by atoms with van der Waals surface area (Å²) in [7, 11) is 1.17. The minimum Gasteiger partial charge on any atom is -0.394 e. The van der Waals surface area contributed by atoms with Gasteiger partial charge in [-0.1, -0.05) is 0 Å². The van der Waals surface area contributed by atoms with Crippen LogP contribution in [0.15, 0.2) is 0 Å². The van der Waals surface area contributed by atoms with Crippen LogP contribution in [0.2, 0.25) is 0 Å². The molecule has 5 fully saturated rings. The zero-order valence-corrected chi connectivity index (χ0v) is 30.2. The molecule has 0 aromatic rings. The van der Waals surface area contributed by atoms with Crippen molar-refractivity contribution in [3.8, 4) is 0 Å². The molecule has 16 N–H and O–H groups in total. The summed E-state index contributed by atoms with van der Waals surface area (Å²) in [5.41, 5.74) is 0. The second-order valence-electron chi connectivity index (χ2n) is 14.3. The fourth-order valence-electron chi connectivity index (χ4n) is 6.90. The molecule has 25 atom stereocenters. The van der Waals surface area contributed by atoms with Gasteiger partial charge in [0.25, 0.3) is 0 Å². The second-order valence-corrected chi connectivity index (χ2v) is 14.3. The predicted molar refractivity (Wildman–Crippen MR) is 171 cm³/mol. The molecule has 0 aromatic carbocycles. The van der Waals surface area contributed by atoms with Crippen molar-refractivity contribution in [2.45, 2.75) is 154 Å². The van der Waals surface area contributed by atoms with Gasteiger partial charge in [0.15, 0.2) is 31.5 Å². The molecule has 0 unspecified atom stereocenters. The first-order valence-corrected chi connectivity index (χ1v) is 18.0. The van der Waals surface area contributed by atoms with Gasteiger partial charge >= 0.3 is 0 Å². The Balaban J connectivity index is 1.17. The Labute approximate surface area is 323 Å². The highest BCUT2D eigenvalue weighted by molar-refractivity contribution is 4.96. The van der Waals surface area contributed by atoms with Crippen LogP contribution in [-0.4, -0.2) is 275 Å². The summed E-state index contributed by atoms with van der Waals surface area (Å²) >= 11 is 0. The van der Waals surface area contributed by atoms with Crippen LogP contribution in [0.4, 0.5) is 0 Å². The van der Waals surface area contributed by atoms with Crippen LogP contribution in [0.5, 0.6) is 0 Å². The van der Waals surface area contributed by atoms with E-state index in [1.54, 1.807) is 0 Å². The van der Waals surface area contributed by atoms with Crippen molar-refractivity contribution < 1.29 is 129 Å². The third-order valence-corrected chi connectivity index (χ3v) is 10.5. The summed E-state index contributed by atoms with van der Waals surface area (Å²) in [5, 5.41) is 165. The Bertz CT molecular complexity index is 1220. The minimum atomic E-state index is -1.96. The summed E-state index contributed by atoms with van der Waals surface area (Å²) < 4.78 is 54.2. The van der Waals surface area contributed by atoms with Gasteiger partial charge in [-0.3, -0.25) is 0 Å². The predicted octanol–water partition coefficient (Wildman–Crippen LogP) is -11.3. The van der Waals surface area contributed by atoms with Crippen LogP contribution in [0.1, 0.15) is 0 Å². The van der Waals surface area contributed by atoms with Crippen molar-refractivity contribution in [1.82, 2.24) is 0 Å². The lowest BCUT2D eigenvalue weighted by Crippen LogP contribution is -2.65. The topological polar surface area (TPSA) is 416 Å². The molecule has 0 bridgehead atoms. The zero-order valence-electron chi connectivity index (χ0n) is 30.2. The van der Waals surface area contributed by atoms with Gasteiger partial charge in [0.2, 0.25) is 0 Å². The van der Waals surface area contributed by atoms with Crippen LogP contribution in [-0.2, 0) is 47.4 Å². The SMILES string of the molecule is CO[C@H]1O[C@H](CO)[C@@H](O[C@H]2O[C@H](CO[C@@H]3O[C@H](CO[C@@H]4O[C@H](CO[C@@H]5O[C@H](CO)[C@@H](O)[C@H](O)[C@H]5O)[C@@H](O)[C@H](O)[C@H]4O)[C@@H](O)[C@H](O)[C@H]3O)[C@@H](O)[C@H](O)[C@H]2O)[C@H](O)[C@@H]1O. The highest BCUT2D eigenvalue weighted by Gasteiger charge is 2.53. The van der Waals surface area contributed by atoms with Gasteiger partial charge in [-0.05, 0) is 0 Å². The maximum absolute atomic E-state index is 10.6. The first-order valence-electron chi connectivity index (χ1n) is 18.0. The highest BCUT2D eigenvalue weighted by Crippen LogP contribution is 2.32. The molecule has 26 nitrogen and oxygen atoms in total. The Morgan fingerprint density at radius 1 is 0.333 bits per heavy atom. The van der Waals surface area contributed by atoms with E-state index in [-0.39, 0.29) is 0 Å². The molecule has 0 aromatic heterocycles. The standard InChI is InChI=1S/C31H54O26/c1-48-27-25(47)20(42)26(8(3-33)53-27)57-31-24(46)19(41)15(37)11(56-31)6-51-30-23(45)18(40)14(36)10(55-30)5-50-29-22(44)17(39)13(35)9(54-29)4-49-28-21(43)16(38)12(34)7(2-32)52-28/h7-47H,2-6H2,1H3/t7-,8-,9-,10-,11-,12-,13-,14-,15-,16+,17+,18+,19+,20-,21-,22-,23-,24-,25+,26-,27+,28-,29-,30-,31-/m1/s1. The molecule has 5 aliphatic rings. The Hall–Kier alpha value is -1.04. The molecule has 0 radical (unpaired) electrons. The number of methoxy groups -OCH3 is 1. The van der Waals surface area contributed by atoms with Gasteiger partial charge in [0.1, 0.15) is 122 Å².